The summed E-state index contributed by atoms with van der Waals surface area (Å²) in [6.07, 6.45) is 1.15. The van der Waals surface area contributed by atoms with Crippen molar-refractivity contribution < 1.29 is 9.47 Å². The van der Waals surface area contributed by atoms with E-state index in [-0.39, 0.29) is 24.8 Å². The normalized spacial score (nSPS) is 18.3. The average Bonchev–Trinajstić information content (AvgIpc) is 2.92. The van der Waals surface area contributed by atoms with Gasteiger partial charge in [0.25, 0.3) is 0 Å². The lowest BCUT2D eigenvalue weighted by atomic mass is 9.94. The largest absolute Gasteiger partial charge is 0.454 e. The Labute approximate surface area is 159 Å². The number of rotatable bonds is 4. The summed E-state index contributed by atoms with van der Waals surface area (Å²) in [5.41, 5.74) is 1.31. The maximum Gasteiger partial charge on any atom is 0.231 e. The number of ether oxygens (including phenoxy) is 2. The molecule has 0 aromatic heterocycles. The predicted molar refractivity (Wildman–Crippen MR) is 101 cm³/mol. The van der Waals surface area contributed by atoms with Crippen LogP contribution in [0.25, 0.3) is 0 Å². The van der Waals surface area contributed by atoms with Gasteiger partial charge in [0.2, 0.25) is 6.79 Å². The molecule has 2 aliphatic rings. The Balaban J connectivity index is 0.00000132. The standard InChI is InChI=1S/C16H23BrN2O2.2ClH/c1-11(2)7-14(19-5-3-18-4-6-19)12-8-15-16(9-13(12)17)21-10-20-15;;/h8-9,11,14,18H,3-7,10H2,1-2H3;2*1H/t14-;;/m0../s1. The van der Waals surface area contributed by atoms with Gasteiger partial charge in [-0.15, -0.1) is 24.8 Å². The minimum atomic E-state index is 0. The third-order valence-corrected chi connectivity index (χ3v) is 4.82. The quantitative estimate of drug-likeness (QED) is 0.786. The molecule has 4 nitrogen and oxygen atoms in total. The Hall–Kier alpha value is -0.200. The molecule has 3 rings (SSSR count). The summed E-state index contributed by atoms with van der Waals surface area (Å²) < 4.78 is 12.1. The molecule has 0 aliphatic carbocycles. The second-order valence-electron chi connectivity index (χ2n) is 6.16. The smallest absolute Gasteiger partial charge is 0.231 e. The van der Waals surface area contributed by atoms with Gasteiger partial charge in [-0.05, 0) is 30.0 Å². The number of fused-ring (bicyclic) bond motifs is 1. The van der Waals surface area contributed by atoms with Gasteiger partial charge in [-0.25, -0.2) is 0 Å². The Bertz CT molecular complexity index is 511. The first-order chi connectivity index (χ1) is 10.1. The summed E-state index contributed by atoms with van der Waals surface area (Å²) in [4.78, 5) is 2.58. The predicted octanol–water partition coefficient (Wildman–Crippen LogP) is 4.01. The molecule has 0 unspecified atom stereocenters. The summed E-state index contributed by atoms with van der Waals surface area (Å²) in [6.45, 7) is 9.23. The molecule has 0 spiro atoms. The van der Waals surface area contributed by atoms with E-state index in [1.165, 1.54) is 5.56 Å². The van der Waals surface area contributed by atoms with Crippen molar-refractivity contribution in [3.8, 4) is 11.5 Å². The molecule has 23 heavy (non-hydrogen) atoms. The molecule has 132 valence electrons. The van der Waals surface area contributed by atoms with Crippen LogP contribution in [0.4, 0.5) is 0 Å². The first kappa shape index (κ1) is 20.8. The third kappa shape index (κ3) is 4.89. The molecule has 1 N–H and O–H groups in total. The van der Waals surface area contributed by atoms with Gasteiger partial charge in [0.1, 0.15) is 0 Å². The van der Waals surface area contributed by atoms with E-state index in [1.54, 1.807) is 0 Å². The fourth-order valence-corrected chi connectivity index (χ4v) is 3.69. The van der Waals surface area contributed by atoms with Crippen LogP contribution in [0.1, 0.15) is 31.9 Å². The molecule has 1 aromatic rings. The van der Waals surface area contributed by atoms with E-state index in [0.29, 0.717) is 18.8 Å². The second kappa shape index (κ2) is 9.33. The Morgan fingerprint density at radius 3 is 2.35 bits per heavy atom. The van der Waals surface area contributed by atoms with Crippen molar-refractivity contribution in [3.05, 3.63) is 22.2 Å². The van der Waals surface area contributed by atoms with Gasteiger partial charge in [-0.3, -0.25) is 4.90 Å². The highest BCUT2D eigenvalue weighted by molar-refractivity contribution is 9.10. The number of benzene rings is 1. The second-order valence-corrected chi connectivity index (χ2v) is 7.01. The summed E-state index contributed by atoms with van der Waals surface area (Å²) in [7, 11) is 0. The van der Waals surface area contributed by atoms with Gasteiger partial charge in [0.15, 0.2) is 11.5 Å². The first-order valence-electron chi connectivity index (χ1n) is 7.69. The van der Waals surface area contributed by atoms with Crippen LogP contribution in [0.3, 0.4) is 0 Å². The lowest BCUT2D eigenvalue weighted by Crippen LogP contribution is -2.45. The third-order valence-electron chi connectivity index (χ3n) is 4.14. The summed E-state index contributed by atoms with van der Waals surface area (Å²) in [6, 6.07) is 4.63. The van der Waals surface area contributed by atoms with Crippen molar-refractivity contribution in [3.63, 3.8) is 0 Å². The van der Waals surface area contributed by atoms with Gasteiger partial charge in [0.05, 0.1) is 0 Å². The molecule has 1 fully saturated rings. The van der Waals surface area contributed by atoms with E-state index < -0.39 is 0 Å². The van der Waals surface area contributed by atoms with E-state index >= 15 is 0 Å². The number of nitrogens with one attached hydrogen (secondary N) is 1. The van der Waals surface area contributed by atoms with E-state index in [9.17, 15) is 0 Å². The zero-order valence-corrected chi connectivity index (χ0v) is 16.7. The van der Waals surface area contributed by atoms with Crippen LogP contribution in [0.15, 0.2) is 16.6 Å². The molecule has 0 bridgehead atoms. The molecular weight excluding hydrogens is 403 g/mol. The summed E-state index contributed by atoms with van der Waals surface area (Å²) in [5, 5.41) is 3.43. The van der Waals surface area contributed by atoms with E-state index in [4.69, 9.17) is 9.47 Å². The van der Waals surface area contributed by atoms with Crippen molar-refractivity contribution in [1.29, 1.82) is 0 Å². The van der Waals surface area contributed by atoms with Crippen LogP contribution in [0.2, 0.25) is 0 Å². The molecule has 0 saturated carbocycles. The number of piperazine rings is 1. The van der Waals surface area contributed by atoms with Gasteiger partial charge < -0.3 is 14.8 Å². The number of hydrogen-bond acceptors (Lipinski definition) is 4. The summed E-state index contributed by atoms with van der Waals surface area (Å²) >= 11 is 3.73. The highest BCUT2D eigenvalue weighted by Gasteiger charge is 2.27. The van der Waals surface area contributed by atoms with Crippen molar-refractivity contribution in [2.24, 2.45) is 5.92 Å². The molecular formula is C16H25BrCl2N2O2. The number of nitrogens with zero attached hydrogens (tertiary/aromatic N) is 1. The molecule has 2 aliphatic heterocycles. The van der Waals surface area contributed by atoms with Gasteiger partial charge >= 0.3 is 0 Å². The molecule has 1 aromatic carbocycles. The molecule has 1 saturated heterocycles. The van der Waals surface area contributed by atoms with Crippen molar-refractivity contribution >= 4 is 40.7 Å². The highest BCUT2D eigenvalue weighted by atomic mass is 79.9. The van der Waals surface area contributed by atoms with E-state index in [2.05, 4.69) is 46.1 Å². The topological polar surface area (TPSA) is 33.7 Å². The maximum absolute atomic E-state index is 5.56. The number of hydrogen-bond donors (Lipinski definition) is 1. The summed E-state index contributed by atoms with van der Waals surface area (Å²) in [5.74, 6) is 2.37. The lowest BCUT2D eigenvalue weighted by molar-refractivity contribution is 0.153. The Morgan fingerprint density at radius 2 is 1.74 bits per heavy atom. The van der Waals surface area contributed by atoms with E-state index in [0.717, 1.165) is 48.6 Å². The SMILES string of the molecule is CC(C)C[C@@H](c1cc2c(cc1Br)OCO2)N1CCNCC1.Cl.Cl. The van der Waals surface area contributed by atoms with Gasteiger partial charge in [0, 0.05) is 36.7 Å². The van der Waals surface area contributed by atoms with Gasteiger partial charge in [-0.2, -0.15) is 0 Å². The fourth-order valence-electron chi connectivity index (χ4n) is 3.10. The average molecular weight is 428 g/mol. The van der Waals surface area contributed by atoms with E-state index in [1.807, 2.05) is 6.07 Å². The molecule has 7 heteroatoms. The monoisotopic (exact) mass is 426 g/mol. The highest BCUT2D eigenvalue weighted by Crippen LogP contribution is 2.42. The molecule has 0 amide bonds. The van der Waals surface area contributed by atoms with Crippen molar-refractivity contribution in [1.82, 2.24) is 10.2 Å². The number of halogens is 3. The van der Waals surface area contributed by atoms with Crippen molar-refractivity contribution in [2.45, 2.75) is 26.3 Å². The first-order valence-corrected chi connectivity index (χ1v) is 8.48. The zero-order chi connectivity index (χ0) is 14.8. The van der Waals surface area contributed by atoms with Crippen LogP contribution in [-0.4, -0.2) is 37.9 Å². The van der Waals surface area contributed by atoms with Crippen LogP contribution >= 0.6 is 40.7 Å². The van der Waals surface area contributed by atoms with Crippen LogP contribution in [0.5, 0.6) is 11.5 Å². The molecule has 2 heterocycles. The fraction of sp³-hybridized carbons (Fsp3) is 0.625. The van der Waals surface area contributed by atoms with Crippen LogP contribution < -0.4 is 14.8 Å². The van der Waals surface area contributed by atoms with Crippen molar-refractivity contribution in [2.75, 3.05) is 33.0 Å². The van der Waals surface area contributed by atoms with Gasteiger partial charge in [-0.1, -0.05) is 29.8 Å². The van der Waals surface area contributed by atoms with Crippen LogP contribution in [0, 0.1) is 5.92 Å². The van der Waals surface area contributed by atoms with Crippen LogP contribution in [-0.2, 0) is 0 Å². The Kier molecular flexibility index (Phi) is 8.45. The molecule has 0 radical (unpaired) electrons. The minimum Gasteiger partial charge on any atom is -0.454 e. The minimum absolute atomic E-state index is 0. The molecule has 1 atom stereocenters. The maximum atomic E-state index is 5.56. The Morgan fingerprint density at radius 1 is 1.13 bits per heavy atom. The zero-order valence-electron chi connectivity index (χ0n) is 13.5. The lowest BCUT2D eigenvalue weighted by Gasteiger charge is -2.36.